The molecule has 2 atom stereocenters. The van der Waals surface area contributed by atoms with Crippen LogP contribution in [0.5, 0.6) is 0 Å². The van der Waals surface area contributed by atoms with E-state index in [9.17, 15) is 0 Å². The molecule has 0 aliphatic heterocycles. The molecule has 0 saturated heterocycles. The summed E-state index contributed by atoms with van der Waals surface area (Å²) in [6, 6.07) is 35.8. The van der Waals surface area contributed by atoms with Crippen LogP contribution in [0.15, 0.2) is 127 Å². The van der Waals surface area contributed by atoms with Crippen molar-refractivity contribution in [1.82, 2.24) is 15.0 Å². The van der Waals surface area contributed by atoms with Crippen molar-refractivity contribution in [2.24, 2.45) is 5.92 Å². The van der Waals surface area contributed by atoms with Gasteiger partial charge in [-0.1, -0.05) is 135 Å². The van der Waals surface area contributed by atoms with Crippen LogP contribution >= 0.6 is 0 Å². The average Bonchev–Trinajstić information content (AvgIpc) is 3.24. The molecule has 0 N–H and O–H groups in total. The van der Waals surface area contributed by atoms with Crippen LogP contribution in [-0.4, -0.2) is 15.0 Å². The van der Waals surface area contributed by atoms with Gasteiger partial charge in [0.05, 0.1) is 0 Å². The van der Waals surface area contributed by atoms with Crippen LogP contribution in [0.3, 0.4) is 0 Å². The van der Waals surface area contributed by atoms with E-state index in [1.54, 1.807) is 0 Å². The first-order valence-corrected chi connectivity index (χ1v) is 13.5. The molecule has 2 aliphatic carbocycles. The summed E-state index contributed by atoms with van der Waals surface area (Å²) in [5.74, 6) is 2.95. The Kier molecular flexibility index (Phi) is 5.59. The van der Waals surface area contributed by atoms with Crippen LogP contribution in [0, 0.1) is 5.92 Å². The predicted molar refractivity (Wildman–Crippen MR) is 159 cm³/mol. The third kappa shape index (κ3) is 4.11. The maximum absolute atomic E-state index is 5.02. The van der Waals surface area contributed by atoms with Gasteiger partial charge >= 0.3 is 0 Å². The molecule has 188 valence electrons. The van der Waals surface area contributed by atoms with Crippen molar-refractivity contribution in [2.45, 2.75) is 25.2 Å². The summed E-state index contributed by atoms with van der Waals surface area (Å²) in [5, 5.41) is 0. The Morgan fingerprint density at radius 3 is 1.67 bits per heavy atom. The lowest BCUT2D eigenvalue weighted by Crippen LogP contribution is -2.24. The van der Waals surface area contributed by atoms with Crippen LogP contribution in [0.4, 0.5) is 0 Å². The van der Waals surface area contributed by atoms with E-state index in [0.717, 1.165) is 16.7 Å². The highest BCUT2D eigenvalue weighted by molar-refractivity contribution is 5.71. The van der Waals surface area contributed by atoms with Gasteiger partial charge in [0, 0.05) is 22.6 Å². The SMILES string of the molecule is CC1(C)c2cc(-c3nc(-c4ccccc4)nc(-c4ccc(-c5ccccc5)cc4)n3)ccc2C2C=CC=CC21. The summed E-state index contributed by atoms with van der Waals surface area (Å²) in [6.07, 6.45) is 9.06. The van der Waals surface area contributed by atoms with Crippen LogP contribution in [0.1, 0.15) is 30.9 Å². The number of benzene rings is 4. The molecule has 4 aromatic carbocycles. The Morgan fingerprint density at radius 2 is 1.00 bits per heavy atom. The number of rotatable bonds is 4. The zero-order valence-electron chi connectivity index (χ0n) is 22.1. The lowest BCUT2D eigenvalue weighted by Gasteiger charge is -2.29. The quantitative estimate of drug-likeness (QED) is 0.246. The number of aromatic nitrogens is 3. The second kappa shape index (κ2) is 9.28. The maximum atomic E-state index is 5.02. The Bertz CT molecular complexity index is 1720. The van der Waals surface area contributed by atoms with Crippen molar-refractivity contribution >= 4 is 0 Å². The highest BCUT2D eigenvalue weighted by Crippen LogP contribution is 2.53. The number of hydrogen-bond acceptors (Lipinski definition) is 3. The molecule has 3 heteroatoms. The minimum Gasteiger partial charge on any atom is -0.208 e. The van der Waals surface area contributed by atoms with Gasteiger partial charge in [0.15, 0.2) is 17.5 Å². The van der Waals surface area contributed by atoms with E-state index < -0.39 is 0 Å². The fourth-order valence-corrected chi connectivity index (χ4v) is 6.11. The van der Waals surface area contributed by atoms with Crippen LogP contribution in [0.2, 0.25) is 0 Å². The van der Waals surface area contributed by atoms with E-state index in [2.05, 4.69) is 117 Å². The second-order valence-electron chi connectivity index (χ2n) is 11.0. The molecule has 1 heterocycles. The smallest absolute Gasteiger partial charge is 0.164 e. The fourth-order valence-electron chi connectivity index (χ4n) is 6.11. The molecule has 0 spiro atoms. The van der Waals surface area contributed by atoms with Gasteiger partial charge < -0.3 is 0 Å². The monoisotopic (exact) mass is 503 g/mol. The molecule has 7 rings (SSSR count). The molecular formula is C36H29N3. The summed E-state index contributed by atoms with van der Waals surface area (Å²) in [5.41, 5.74) is 8.14. The molecule has 2 aliphatic rings. The first-order chi connectivity index (χ1) is 19.1. The minimum absolute atomic E-state index is 0.0304. The van der Waals surface area contributed by atoms with Crippen LogP contribution in [0.25, 0.3) is 45.3 Å². The number of fused-ring (bicyclic) bond motifs is 3. The lowest BCUT2D eigenvalue weighted by atomic mass is 9.74. The van der Waals surface area contributed by atoms with Crippen molar-refractivity contribution in [3.05, 3.63) is 139 Å². The van der Waals surface area contributed by atoms with Crippen molar-refractivity contribution in [3.8, 4) is 45.3 Å². The van der Waals surface area contributed by atoms with Crippen molar-refractivity contribution in [2.75, 3.05) is 0 Å². The first kappa shape index (κ1) is 23.5. The Balaban J connectivity index is 1.34. The summed E-state index contributed by atoms with van der Waals surface area (Å²) < 4.78 is 0. The molecule has 0 bridgehead atoms. The van der Waals surface area contributed by atoms with Gasteiger partial charge in [-0.2, -0.15) is 0 Å². The maximum Gasteiger partial charge on any atom is 0.164 e. The number of nitrogens with zero attached hydrogens (tertiary/aromatic N) is 3. The largest absolute Gasteiger partial charge is 0.208 e. The van der Waals surface area contributed by atoms with Crippen molar-refractivity contribution in [3.63, 3.8) is 0 Å². The molecule has 1 aromatic heterocycles. The van der Waals surface area contributed by atoms with Gasteiger partial charge in [-0.25, -0.2) is 15.0 Å². The third-order valence-corrected chi connectivity index (χ3v) is 8.25. The van der Waals surface area contributed by atoms with E-state index in [1.807, 2.05) is 24.3 Å². The van der Waals surface area contributed by atoms with E-state index in [4.69, 9.17) is 15.0 Å². The van der Waals surface area contributed by atoms with Gasteiger partial charge in [0.1, 0.15) is 0 Å². The molecule has 2 unspecified atom stereocenters. The Labute approximate surface area is 229 Å². The molecule has 5 aromatic rings. The van der Waals surface area contributed by atoms with Crippen molar-refractivity contribution < 1.29 is 0 Å². The van der Waals surface area contributed by atoms with Crippen molar-refractivity contribution in [1.29, 1.82) is 0 Å². The number of hydrogen-bond donors (Lipinski definition) is 0. The Morgan fingerprint density at radius 1 is 0.513 bits per heavy atom. The van der Waals surface area contributed by atoms with Gasteiger partial charge in [-0.05, 0) is 39.7 Å². The lowest BCUT2D eigenvalue weighted by molar-refractivity contribution is 0.394. The molecule has 0 fully saturated rings. The fraction of sp³-hybridized carbons (Fsp3) is 0.139. The molecule has 39 heavy (non-hydrogen) atoms. The van der Waals surface area contributed by atoms with E-state index in [-0.39, 0.29) is 5.41 Å². The molecule has 0 radical (unpaired) electrons. The highest BCUT2D eigenvalue weighted by Gasteiger charge is 2.44. The normalized spacial score (nSPS) is 18.5. The third-order valence-electron chi connectivity index (χ3n) is 8.25. The first-order valence-electron chi connectivity index (χ1n) is 13.5. The van der Waals surface area contributed by atoms with Gasteiger partial charge in [-0.15, -0.1) is 0 Å². The van der Waals surface area contributed by atoms with Gasteiger partial charge in [0.25, 0.3) is 0 Å². The van der Waals surface area contributed by atoms with Crippen LogP contribution < -0.4 is 0 Å². The predicted octanol–water partition coefficient (Wildman–Crippen LogP) is 8.66. The summed E-state index contributed by atoms with van der Waals surface area (Å²) in [6.45, 7) is 4.71. The molecule has 0 saturated carbocycles. The summed E-state index contributed by atoms with van der Waals surface area (Å²) in [7, 11) is 0. The number of allylic oxidation sites excluding steroid dienone is 4. The summed E-state index contributed by atoms with van der Waals surface area (Å²) in [4.78, 5) is 14.9. The zero-order chi connectivity index (χ0) is 26.4. The highest BCUT2D eigenvalue weighted by atomic mass is 15.0. The molecular weight excluding hydrogens is 474 g/mol. The van der Waals surface area contributed by atoms with E-state index in [0.29, 0.717) is 29.3 Å². The minimum atomic E-state index is 0.0304. The topological polar surface area (TPSA) is 38.7 Å². The Hall–Kier alpha value is -4.63. The van der Waals surface area contributed by atoms with E-state index in [1.165, 1.54) is 22.3 Å². The summed E-state index contributed by atoms with van der Waals surface area (Å²) >= 11 is 0. The van der Waals surface area contributed by atoms with Gasteiger partial charge in [0.2, 0.25) is 0 Å². The average molecular weight is 504 g/mol. The second-order valence-corrected chi connectivity index (χ2v) is 11.0. The van der Waals surface area contributed by atoms with Crippen LogP contribution in [-0.2, 0) is 5.41 Å². The zero-order valence-corrected chi connectivity index (χ0v) is 22.1. The standard InChI is InChI=1S/C36H29N3/c1-36(2)31-16-10-9-15-29(31)30-22-21-28(23-32(30)36)35-38-33(26-13-7-4-8-14-26)37-34(39-35)27-19-17-25(18-20-27)24-11-5-3-6-12-24/h3-23,29,31H,1-2H3. The van der Waals surface area contributed by atoms with Gasteiger partial charge in [-0.3, -0.25) is 0 Å². The molecule has 3 nitrogen and oxygen atoms in total. The molecule has 0 amide bonds. The van der Waals surface area contributed by atoms with E-state index >= 15 is 0 Å².